The molecule has 3 aliphatic rings. The second kappa shape index (κ2) is 5.26. The van der Waals surface area contributed by atoms with E-state index in [4.69, 9.17) is 23.7 Å². The molecule has 9 nitrogen and oxygen atoms in total. The number of ether oxygens (including phenoxy) is 5. The van der Waals surface area contributed by atoms with E-state index in [1.165, 1.54) is 6.33 Å². The number of imidazole rings is 1. The molecule has 2 aromatic heterocycles. The normalized spacial score (nSPS) is 32.1. The van der Waals surface area contributed by atoms with Crippen LogP contribution in [-0.2, 0) is 14.2 Å². The van der Waals surface area contributed by atoms with Gasteiger partial charge in [0.15, 0.2) is 23.2 Å². The maximum absolute atomic E-state index is 6.14. The number of hydrogen-bond donors (Lipinski definition) is 0. The van der Waals surface area contributed by atoms with Gasteiger partial charge in [0.25, 0.3) is 0 Å². The molecule has 5 heterocycles. The van der Waals surface area contributed by atoms with Gasteiger partial charge < -0.3 is 23.7 Å². The molecule has 2 bridgehead atoms. The largest absolute Gasteiger partial charge is 0.476 e. The van der Waals surface area contributed by atoms with Gasteiger partial charge in [-0.1, -0.05) is 6.92 Å². The van der Waals surface area contributed by atoms with Crippen molar-refractivity contribution in [2.45, 2.75) is 57.5 Å². The number of aromatic nitrogens is 4. The summed E-state index contributed by atoms with van der Waals surface area (Å²) < 4.78 is 31.6. The van der Waals surface area contributed by atoms with Gasteiger partial charge in [-0.3, -0.25) is 0 Å². The van der Waals surface area contributed by atoms with Gasteiger partial charge in [-0.15, -0.1) is 0 Å². The molecule has 2 aromatic rings. The first-order valence-electron chi connectivity index (χ1n) is 8.57. The van der Waals surface area contributed by atoms with Gasteiger partial charge in [0.05, 0.1) is 6.61 Å². The monoisotopic (exact) mass is 348 g/mol. The average molecular weight is 348 g/mol. The van der Waals surface area contributed by atoms with Gasteiger partial charge in [-0.2, -0.15) is 9.97 Å². The predicted molar refractivity (Wildman–Crippen MR) is 84.3 cm³/mol. The van der Waals surface area contributed by atoms with Crippen molar-refractivity contribution in [2.24, 2.45) is 0 Å². The van der Waals surface area contributed by atoms with Crippen LogP contribution in [0.25, 0.3) is 11.2 Å². The molecular formula is C16H20N4O5. The number of rotatable bonds is 3. The summed E-state index contributed by atoms with van der Waals surface area (Å²) in [6, 6.07) is 0.441. The first kappa shape index (κ1) is 15.3. The highest BCUT2D eigenvalue weighted by atomic mass is 16.8. The minimum atomic E-state index is -0.652. The van der Waals surface area contributed by atoms with E-state index in [-0.39, 0.29) is 18.3 Å². The van der Waals surface area contributed by atoms with Gasteiger partial charge in [0.2, 0.25) is 5.88 Å². The van der Waals surface area contributed by atoms with Crippen LogP contribution in [0.2, 0.25) is 0 Å². The molecule has 0 amide bonds. The molecule has 0 aliphatic carbocycles. The summed E-state index contributed by atoms with van der Waals surface area (Å²) in [5, 5.41) is 0. The summed E-state index contributed by atoms with van der Waals surface area (Å²) in [7, 11) is 0. The van der Waals surface area contributed by atoms with Gasteiger partial charge in [-0.25, -0.2) is 9.55 Å². The van der Waals surface area contributed by atoms with Crippen LogP contribution in [0.1, 0.15) is 33.4 Å². The highest BCUT2D eigenvalue weighted by Crippen LogP contribution is 2.47. The van der Waals surface area contributed by atoms with Gasteiger partial charge in [0, 0.05) is 0 Å². The lowest BCUT2D eigenvalue weighted by atomic mass is 10.1. The Morgan fingerprint density at radius 3 is 2.96 bits per heavy atom. The maximum Gasteiger partial charge on any atom is 0.301 e. The fourth-order valence-electron chi connectivity index (χ4n) is 3.66. The van der Waals surface area contributed by atoms with Crippen molar-refractivity contribution in [3.8, 4) is 11.9 Å². The quantitative estimate of drug-likeness (QED) is 0.823. The smallest absolute Gasteiger partial charge is 0.301 e. The molecule has 2 saturated heterocycles. The molecule has 0 N–H and O–H groups in total. The van der Waals surface area contributed by atoms with Crippen molar-refractivity contribution in [1.82, 2.24) is 19.5 Å². The Morgan fingerprint density at radius 1 is 1.28 bits per heavy atom. The summed E-state index contributed by atoms with van der Waals surface area (Å²) in [6.45, 7) is 6.76. The van der Waals surface area contributed by atoms with Crippen molar-refractivity contribution >= 4 is 11.2 Å². The topological polar surface area (TPSA) is 89.8 Å². The first-order valence-corrected chi connectivity index (χ1v) is 8.57. The molecule has 9 heteroatoms. The lowest BCUT2D eigenvalue weighted by molar-refractivity contribution is -0.195. The third-order valence-corrected chi connectivity index (χ3v) is 4.61. The predicted octanol–water partition coefficient (Wildman–Crippen LogP) is 1.42. The van der Waals surface area contributed by atoms with Crippen LogP contribution in [0.15, 0.2) is 6.33 Å². The lowest BCUT2D eigenvalue weighted by Crippen LogP contribution is -2.34. The number of fused-ring (bicyclic) bond motifs is 9. The highest BCUT2D eigenvalue weighted by molar-refractivity contribution is 5.77. The molecule has 25 heavy (non-hydrogen) atoms. The van der Waals surface area contributed by atoms with E-state index in [2.05, 4.69) is 15.0 Å². The average Bonchev–Trinajstić information content (AvgIpc) is 3.14. The van der Waals surface area contributed by atoms with E-state index >= 15 is 0 Å². The van der Waals surface area contributed by atoms with Crippen LogP contribution < -0.4 is 9.47 Å². The van der Waals surface area contributed by atoms with Gasteiger partial charge in [-0.05, 0) is 20.3 Å². The zero-order valence-corrected chi connectivity index (χ0v) is 14.3. The first-order chi connectivity index (χ1) is 12.1. The van der Waals surface area contributed by atoms with Crippen molar-refractivity contribution in [2.75, 3.05) is 13.2 Å². The third kappa shape index (κ3) is 2.22. The molecule has 5 rings (SSSR count). The summed E-state index contributed by atoms with van der Waals surface area (Å²) in [5.74, 6) is -0.202. The Bertz CT molecular complexity index is 822. The molecule has 0 spiro atoms. The van der Waals surface area contributed by atoms with Crippen LogP contribution in [-0.4, -0.2) is 56.8 Å². The minimum Gasteiger partial charge on any atom is -0.476 e. The van der Waals surface area contributed by atoms with Crippen LogP contribution in [0, 0.1) is 0 Å². The third-order valence-electron chi connectivity index (χ3n) is 4.61. The van der Waals surface area contributed by atoms with Crippen LogP contribution in [0.5, 0.6) is 11.9 Å². The zero-order valence-electron chi connectivity index (χ0n) is 14.3. The summed E-state index contributed by atoms with van der Waals surface area (Å²) in [4.78, 5) is 13.1. The van der Waals surface area contributed by atoms with E-state index in [9.17, 15) is 0 Å². The van der Waals surface area contributed by atoms with Gasteiger partial charge in [0.1, 0.15) is 31.2 Å². The fraction of sp³-hybridized carbons (Fsp3) is 0.688. The number of hydrogen-bond acceptors (Lipinski definition) is 8. The molecule has 0 aromatic carbocycles. The highest BCUT2D eigenvalue weighted by Gasteiger charge is 2.58. The van der Waals surface area contributed by atoms with E-state index < -0.39 is 12.0 Å². The Kier molecular flexibility index (Phi) is 3.22. The fourth-order valence-corrected chi connectivity index (χ4v) is 3.66. The van der Waals surface area contributed by atoms with E-state index in [1.54, 1.807) is 0 Å². The summed E-state index contributed by atoms with van der Waals surface area (Å²) in [5.41, 5.74) is 1.17. The van der Waals surface area contributed by atoms with E-state index in [0.717, 1.165) is 6.42 Å². The van der Waals surface area contributed by atoms with Crippen LogP contribution in [0.4, 0.5) is 0 Å². The Labute approximate surface area is 144 Å². The molecule has 0 unspecified atom stereocenters. The minimum absolute atomic E-state index is 0.178. The Hall–Kier alpha value is -1.97. The van der Waals surface area contributed by atoms with Crippen molar-refractivity contribution < 1.29 is 23.7 Å². The summed E-state index contributed by atoms with van der Waals surface area (Å²) in [6.07, 6.45) is 1.32. The number of nitrogens with zero attached hydrogens (tertiary/aromatic N) is 4. The van der Waals surface area contributed by atoms with Crippen LogP contribution in [0.3, 0.4) is 0 Å². The Balaban J connectivity index is 1.61. The molecule has 4 atom stereocenters. The molecule has 2 fully saturated rings. The lowest BCUT2D eigenvalue weighted by Gasteiger charge is -2.22. The van der Waals surface area contributed by atoms with Gasteiger partial charge >= 0.3 is 6.01 Å². The standard InChI is InChI=1S/C16H20N4O5/c1-4-5-21-13-9-12(17-7-18-13)20-14-11-10(24-16(2,3)25-11)8(23-14)6-22-15(20)19-9/h7-8,10-11,14H,4-6H2,1-3H3/t8-,10-,11-,14-/m1/s1. The molecule has 0 radical (unpaired) electrons. The van der Waals surface area contributed by atoms with Crippen molar-refractivity contribution in [3.63, 3.8) is 0 Å². The molecule has 3 aliphatic heterocycles. The van der Waals surface area contributed by atoms with Crippen molar-refractivity contribution in [3.05, 3.63) is 6.33 Å². The summed E-state index contributed by atoms with van der Waals surface area (Å²) >= 11 is 0. The second-order valence-corrected chi connectivity index (χ2v) is 6.90. The van der Waals surface area contributed by atoms with E-state index in [1.807, 2.05) is 25.3 Å². The SMILES string of the molecule is CCCOc1ncnc2c1nc1n2[C@@H]2O[C@H](CO1)[C@H]1OC(C)(C)O[C@H]12. The second-order valence-electron chi connectivity index (χ2n) is 6.90. The molecule has 0 saturated carbocycles. The van der Waals surface area contributed by atoms with Crippen LogP contribution >= 0.6 is 0 Å². The Morgan fingerprint density at radius 2 is 2.12 bits per heavy atom. The maximum atomic E-state index is 6.14. The van der Waals surface area contributed by atoms with Crippen molar-refractivity contribution in [1.29, 1.82) is 0 Å². The molecule has 134 valence electrons. The van der Waals surface area contributed by atoms with E-state index in [0.29, 0.717) is 36.3 Å². The molecular weight excluding hydrogens is 328 g/mol. The zero-order chi connectivity index (χ0) is 17.2.